The van der Waals surface area contributed by atoms with E-state index in [-0.39, 0.29) is 17.1 Å². The molecule has 0 radical (unpaired) electrons. The van der Waals surface area contributed by atoms with Gasteiger partial charge >= 0.3 is 5.97 Å². The van der Waals surface area contributed by atoms with Crippen molar-refractivity contribution < 1.29 is 24.1 Å². The highest BCUT2D eigenvalue weighted by atomic mass is 16.5. The number of benzene rings is 1. The average molecular weight is 443 g/mol. The van der Waals surface area contributed by atoms with Crippen LogP contribution in [0.1, 0.15) is 61.5 Å². The van der Waals surface area contributed by atoms with Crippen molar-refractivity contribution in [3.63, 3.8) is 0 Å². The van der Waals surface area contributed by atoms with Crippen LogP contribution in [0.4, 0.5) is 0 Å². The van der Waals surface area contributed by atoms with Gasteiger partial charge in [0.05, 0.1) is 31.0 Å². The van der Waals surface area contributed by atoms with Crippen molar-refractivity contribution in [2.24, 2.45) is 0 Å². The van der Waals surface area contributed by atoms with E-state index in [0.29, 0.717) is 30.4 Å². The van der Waals surface area contributed by atoms with Gasteiger partial charge in [-0.05, 0) is 50.8 Å². The fourth-order valence-electron chi connectivity index (χ4n) is 4.91. The lowest BCUT2D eigenvalue weighted by Crippen LogP contribution is -2.57. The quantitative estimate of drug-likeness (QED) is 0.656. The van der Waals surface area contributed by atoms with Gasteiger partial charge in [-0.25, -0.2) is 4.79 Å². The molecule has 1 N–H and O–H groups in total. The normalized spacial score (nSPS) is 18.4. The van der Waals surface area contributed by atoms with Crippen molar-refractivity contribution in [2.45, 2.75) is 51.1 Å². The molecular formula is C24H30N2O6. The summed E-state index contributed by atoms with van der Waals surface area (Å²) < 4.78 is 18.6. The minimum absolute atomic E-state index is 0.0256. The summed E-state index contributed by atoms with van der Waals surface area (Å²) in [4.78, 5) is 24.3. The maximum Gasteiger partial charge on any atom is 0.341 e. The summed E-state index contributed by atoms with van der Waals surface area (Å²) in [6.45, 7) is 5.41. The summed E-state index contributed by atoms with van der Waals surface area (Å²) in [6, 6.07) is 5.35. The summed E-state index contributed by atoms with van der Waals surface area (Å²) in [6.07, 6.45) is 5.15. The minimum atomic E-state index is -1.22. The van der Waals surface area contributed by atoms with Gasteiger partial charge in [0, 0.05) is 38.0 Å². The van der Waals surface area contributed by atoms with Crippen LogP contribution in [0, 0.1) is 0 Å². The molecule has 0 spiro atoms. The lowest BCUT2D eigenvalue weighted by atomic mass is 9.82. The summed E-state index contributed by atoms with van der Waals surface area (Å²) in [5, 5.41) is 11.8. The fraction of sp³-hybridized carbons (Fsp3) is 0.500. The third kappa shape index (κ3) is 3.72. The third-order valence-electron chi connectivity index (χ3n) is 6.40. The Hall–Kier alpha value is -3.00. The van der Waals surface area contributed by atoms with E-state index in [2.05, 4.69) is 18.9 Å². The molecule has 4 rings (SSSR count). The van der Waals surface area contributed by atoms with Crippen molar-refractivity contribution in [2.75, 3.05) is 32.4 Å². The first-order chi connectivity index (χ1) is 15.3. The molecule has 2 aromatic rings. The van der Waals surface area contributed by atoms with Crippen LogP contribution in [-0.2, 0) is 4.74 Å². The van der Waals surface area contributed by atoms with Gasteiger partial charge in [-0.3, -0.25) is 14.5 Å². The zero-order chi connectivity index (χ0) is 23.0. The Kier molecular flexibility index (Phi) is 5.90. The first kappa shape index (κ1) is 22.2. The monoisotopic (exact) mass is 442 g/mol. The molecule has 2 aliphatic heterocycles. The highest BCUT2D eigenvalue weighted by Crippen LogP contribution is 2.49. The number of fused-ring (bicyclic) bond motifs is 6. The van der Waals surface area contributed by atoms with Crippen LogP contribution >= 0.6 is 0 Å². The lowest BCUT2D eigenvalue weighted by Gasteiger charge is -2.53. The highest BCUT2D eigenvalue weighted by molar-refractivity contribution is 5.88. The number of pyridine rings is 1. The predicted molar refractivity (Wildman–Crippen MR) is 121 cm³/mol. The van der Waals surface area contributed by atoms with Crippen molar-refractivity contribution in [3.05, 3.63) is 45.7 Å². The Morgan fingerprint density at radius 3 is 2.66 bits per heavy atom. The SMILES string of the molecule is COCCCOc1cc2c(cc1OC)-c1cc(=O)c(C(=O)O)cn1N1C2CCCC1(C)C. The molecule has 1 aromatic carbocycles. The molecule has 8 heteroatoms. The zero-order valence-corrected chi connectivity index (χ0v) is 19.0. The van der Waals surface area contributed by atoms with Gasteiger partial charge in [0.1, 0.15) is 5.56 Å². The summed E-state index contributed by atoms with van der Waals surface area (Å²) in [5.41, 5.74) is 1.61. The Balaban J connectivity index is 1.90. The molecule has 1 aromatic heterocycles. The molecule has 8 nitrogen and oxygen atoms in total. The van der Waals surface area contributed by atoms with E-state index in [9.17, 15) is 14.7 Å². The molecule has 0 saturated carbocycles. The molecule has 32 heavy (non-hydrogen) atoms. The van der Waals surface area contributed by atoms with Crippen molar-refractivity contribution in [1.82, 2.24) is 4.68 Å². The number of nitrogens with zero attached hydrogens (tertiary/aromatic N) is 2. The zero-order valence-electron chi connectivity index (χ0n) is 19.0. The van der Waals surface area contributed by atoms with Gasteiger partial charge in [-0.1, -0.05) is 0 Å². The first-order valence-corrected chi connectivity index (χ1v) is 10.9. The molecule has 0 aliphatic carbocycles. The number of carboxylic acid groups (broad SMARTS) is 1. The van der Waals surface area contributed by atoms with Gasteiger partial charge < -0.3 is 19.3 Å². The Labute approximate surface area is 187 Å². The smallest absolute Gasteiger partial charge is 0.341 e. The fourth-order valence-corrected chi connectivity index (χ4v) is 4.91. The van der Waals surface area contributed by atoms with Gasteiger partial charge in [0.25, 0.3) is 0 Å². The van der Waals surface area contributed by atoms with Crippen LogP contribution < -0.4 is 19.9 Å². The second-order valence-electron chi connectivity index (χ2n) is 8.94. The number of ether oxygens (including phenoxy) is 3. The maximum atomic E-state index is 12.6. The molecule has 0 bridgehead atoms. The average Bonchev–Trinajstić information content (AvgIpc) is 2.75. The molecule has 1 unspecified atom stereocenters. The molecule has 2 aliphatic rings. The van der Waals surface area contributed by atoms with E-state index in [4.69, 9.17) is 14.2 Å². The molecule has 0 amide bonds. The van der Waals surface area contributed by atoms with Crippen molar-refractivity contribution >= 4 is 5.97 Å². The molecule has 172 valence electrons. The largest absolute Gasteiger partial charge is 0.493 e. The number of aromatic carboxylic acids is 1. The second-order valence-corrected chi connectivity index (χ2v) is 8.94. The van der Waals surface area contributed by atoms with Crippen LogP contribution in [0.3, 0.4) is 0 Å². The molecular weight excluding hydrogens is 412 g/mol. The number of carboxylic acids is 1. The Morgan fingerprint density at radius 2 is 1.97 bits per heavy atom. The number of hydrogen-bond donors (Lipinski definition) is 1. The number of piperidine rings is 1. The summed E-state index contributed by atoms with van der Waals surface area (Å²) >= 11 is 0. The number of carbonyl (C=O) groups is 1. The van der Waals surface area contributed by atoms with Gasteiger partial charge in [-0.2, -0.15) is 0 Å². The summed E-state index contributed by atoms with van der Waals surface area (Å²) in [5.74, 6) is 0.00878. The third-order valence-corrected chi connectivity index (χ3v) is 6.40. The number of aromatic nitrogens is 1. The van der Waals surface area contributed by atoms with E-state index in [1.165, 1.54) is 12.3 Å². The lowest BCUT2D eigenvalue weighted by molar-refractivity contribution is 0.0694. The molecule has 1 fully saturated rings. The van der Waals surface area contributed by atoms with Crippen LogP contribution in [0.25, 0.3) is 11.3 Å². The number of hydrogen-bond acceptors (Lipinski definition) is 6. The van der Waals surface area contributed by atoms with Gasteiger partial charge in [0.2, 0.25) is 0 Å². The molecule has 1 atom stereocenters. The van der Waals surface area contributed by atoms with E-state index >= 15 is 0 Å². The number of rotatable bonds is 7. The standard InChI is InChI=1S/C24H30N2O6/c1-24(2)8-5-7-18-15-12-22(32-10-6-9-30-3)21(31-4)11-16(15)19-13-20(27)17(23(28)29)14-25(19)26(18)24/h11-14,18H,5-10H2,1-4H3,(H,28,29). The maximum absolute atomic E-state index is 12.6. The van der Waals surface area contributed by atoms with Crippen LogP contribution in [0.2, 0.25) is 0 Å². The predicted octanol–water partition coefficient (Wildman–Crippen LogP) is 3.59. The second kappa shape index (κ2) is 8.50. The van der Waals surface area contributed by atoms with Crippen molar-refractivity contribution in [3.8, 4) is 22.8 Å². The topological polar surface area (TPSA) is 90.2 Å². The van der Waals surface area contributed by atoms with Crippen LogP contribution in [-0.4, -0.2) is 48.7 Å². The van der Waals surface area contributed by atoms with E-state index in [1.807, 2.05) is 16.8 Å². The van der Waals surface area contributed by atoms with Gasteiger partial charge in [-0.15, -0.1) is 0 Å². The van der Waals surface area contributed by atoms with Crippen LogP contribution in [0.15, 0.2) is 29.2 Å². The Morgan fingerprint density at radius 1 is 1.19 bits per heavy atom. The first-order valence-electron chi connectivity index (χ1n) is 10.9. The Bertz CT molecular complexity index is 1090. The van der Waals surface area contributed by atoms with E-state index in [1.54, 1.807) is 14.2 Å². The molecule has 1 saturated heterocycles. The highest BCUT2D eigenvalue weighted by Gasteiger charge is 2.42. The molecule has 3 heterocycles. The van der Waals surface area contributed by atoms with Gasteiger partial charge in [0.15, 0.2) is 16.9 Å². The van der Waals surface area contributed by atoms with E-state index in [0.717, 1.165) is 36.8 Å². The minimum Gasteiger partial charge on any atom is -0.493 e. The van der Waals surface area contributed by atoms with Crippen molar-refractivity contribution in [1.29, 1.82) is 0 Å². The summed E-state index contributed by atoms with van der Waals surface area (Å²) in [7, 11) is 3.25. The number of methoxy groups -OCH3 is 2. The van der Waals surface area contributed by atoms with Crippen LogP contribution in [0.5, 0.6) is 11.5 Å². The van der Waals surface area contributed by atoms with E-state index < -0.39 is 11.4 Å².